The van der Waals surface area contributed by atoms with Crippen LogP contribution in [0, 0.1) is 0 Å². The van der Waals surface area contributed by atoms with E-state index in [1.807, 2.05) is 4.90 Å². The lowest BCUT2D eigenvalue weighted by atomic mass is 10.2. The van der Waals surface area contributed by atoms with E-state index in [-0.39, 0.29) is 5.91 Å². The van der Waals surface area contributed by atoms with Crippen molar-refractivity contribution in [3.8, 4) is 0 Å². The van der Waals surface area contributed by atoms with Gasteiger partial charge in [-0.2, -0.15) is 0 Å². The number of piperazine rings is 1. The fourth-order valence-corrected chi connectivity index (χ4v) is 2.26. The molecule has 0 atom stereocenters. The number of pyridine rings is 1. The minimum atomic E-state index is -0.0599. The first kappa shape index (κ1) is 14.7. The summed E-state index contributed by atoms with van der Waals surface area (Å²) in [7, 11) is 4.15. The van der Waals surface area contributed by atoms with Gasteiger partial charge in [-0.3, -0.25) is 9.69 Å². The van der Waals surface area contributed by atoms with Crippen molar-refractivity contribution in [1.29, 1.82) is 0 Å². The number of nitrogen functional groups attached to an aromatic ring is 1. The van der Waals surface area contributed by atoms with E-state index in [4.69, 9.17) is 5.73 Å². The van der Waals surface area contributed by atoms with Gasteiger partial charge < -0.3 is 15.5 Å². The molecule has 0 spiro atoms. The molecule has 2 N–H and O–H groups in total. The van der Waals surface area contributed by atoms with Crippen molar-refractivity contribution in [2.75, 3.05) is 59.1 Å². The van der Waals surface area contributed by atoms with Crippen LogP contribution in [0.4, 0.5) is 5.69 Å². The van der Waals surface area contributed by atoms with Gasteiger partial charge in [-0.05, 0) is 26.2 Å². The summed E-state index contributed by atoms with van der Waals surface area (Å²) < 4.78 is 0. The van der Waals surface area contributed by atoms with Crippen molar-refractivity contribution in [3.63, 3.8) is 0 Å². The van der Waals surface area contributed by atoms with Crippen LogP contribution in [-0.4, -0.2) is 79.0 Å². The highest BCUT2D eigenvalue weighted by atomic mass is 16.2. The molecule has 2 rings (SSSR count). The molecule has 0 aliphatic carbocycles. The first-order valence-corrected chi connectivity index (χ1v) is 6.95. The summed E-state index contributed by atoms with van der Waals surface area (Å²) in [5.74, 6) is -0.0599. The molecule has 0 aromatic carbocycles. The average Bonchev–Trinajstić information content (AvgIpc) is 2.45. The Morgan fingerprint density at radius 3 is 2.65 bits per heavy atom. The minimum absolute atomic E-state index is 0.0599. The SMILES string of the molecule is CN(C)CCN1CCN(C(=O)c2ncccc2N)CC1. The number of likely N-dealkylation sites (N-methyl/N-ethyl adjacent to an activating group) is 1. The van der Waals surface area contributed by atoms with Gasteiger partial charge in [0.05, 0.1) is 5.69 Å². The number of aromatic nitrogens is 1. The molecular formula is C14H23N5O. The zero-order valence-corrected chi connectivity index (χ0v) is 12.2. The number of carbonyl (C=O) groups excluding carboxylic acids is 1. The largest absolute Gasteiger partial charge is 0.397 e. The Balaban J connectivity index is 1.88. The summed E-state index contributed by atoms with van der Waals surface area (Å²) in [6, 6.07) is 3.46. The zero-order chi connectivity index (χ0) is 14.5. The molecule has 6 heteroatoms. The van der Waals surface area contributed by atoms with Gasteiger partial charge in [0.2, 0.25) is 0 Å². The number of nitrogens with two attached hydrogens (primary N) is 1. The molecule has 0 saturated carbocycles. The maximum Gasteiger partial charge on any atom is 0.274 e. The lowest BCUT2D eigenvalue weighted by Crippen LogP contribution is -2.50. The molecule has 1 saturated heterocycles. The third-order valence-electron chi connectivity index (χ3n) is 3.56. The lowest BCUT2D eigenvalue weighted by molar-refractivity contribution is 0.0625. The molecule has 6 nitrogen and oxygen atoms in total. The quantitative estimate of drug-likeness (QED) is 0.838. The van der Waals surface area contributed by atoms with E-state index in [0.717, 1.165) is 39.3 Å². The molecule has 1 fully saturated rings. The van der Waals surface area contributed by atoms with Gasteiger partial charge in [0.1, 0.15) is 0 Å². The summed E-state index contributed by atoms with van der Waals surface area (Å²) in [5.41, 5.74) is 6.63. The molecule has 1 amide bonds. The number of rotatable bonds is 4. The molecule has 110 valence electrons. The van der Waals surface area contributed by atoms with Crippen LogP contribution < -0.4 is 5.73 Å². The van der Waals surface area contributed by atoms with Gasteiger partial charge in [-0.1, -0.05) is 0 Å². The van der Waals surface area contributed by atoms with Crippen LogP contribution >= 0.6 is 0 Å². The summed E-state index contributed by atoms with van der Waals surface area (Å²) in [5, 5.41) is 0. The van der Waals surface area contributed by atoms with Gasteiger partial charge in [0.15, 0.2) is 5.69 Å². The molecule has 1 aliphatic heterocycles. The number of hydrogen-bond donors (Lipinski definition) is 1. The van der Waals surface area contributed by atoms with Crippen LogP contribution in [-0.2, 0) is 0 Å². The van der Waals surface area contributed by atoms with Gasteiger partial charge in [-0.25, -0.2) is 4.98 Å². The fourth-order valence-electron chi connectivity index (χ4n) is 2.26. The Morgan fingerprint density at radius 1 is 1.35 bits per heavy atom. The van der Waals surface area contributed by atoms with E-state index >= 15 is 0 Å². The van der Waals surface area contributed by atoms with E-state index in [0.29, 0.717) is 11.4 Å². The Hall–Kier alpha value is -1.66. The van der Waals surface area contributed by atoms with E-state index < -0.39 is 0 Å². The number of hydrogen-bond acceptors (Lipinski definition) is 5. The second-order valence-electron chi connectivity index (χ2n) is 5.38. The smallest absolute Gasteiger partial charge is 0.274 e. The Kier molecular flexibility index (Phi) is 4.92. The van der Waals surface area contributed by atoms with Crippen LogP contribution in [0.5, 0.6) is 0 Å². The molecule has 1 aromatic rings. The minimum Gasteiger partial charge on any atom is -0.397 e. The first-order chi connectivity index (χ1) is 9.58. The zero-order valence-electron chi connectivity index (χ0n) is 12.2. The van der Waals surface area contributed by atoms with E-state index in [1.54, 1.807) is 18.3 Å². The molecule has 0 radical (unpaired) electrons. The first-order valence-electron chi connectivity index (χ1n) is 6.95. The lowest BCUT2D eigenvalue weighted by Gasteiger charge is -2.35. The number of carbonyl (C=O) groups is 1. The number of nitrogens with zero attached hydrogens (tertiary/aromatic N) is 4. The van der Waals surface area contributed by atoms with E-state index in [9.17, 15) is 4.79 Å². The molecule has 1 aromatic heterocycles. The van der Waals surface area contributed by atoms with Crippen molar-refractivity contribution >= 4 is 11.6 Å². The van der Waals surface area contributed by atoms with Crippen LogP contribution in [0.1, 0.15) is 10.5 Å². The highest BCUT2D eigenvalue weighted by molar-refractivity contribution is 5.97. The number of amides is 1. The van der Waals surface area contributed by atoms with Crippen molar-refractivity contribution < 1.29 is 4.79 Å². The van der Waals surface area contributed by atoms with Crippen molar-refractivity contribution in [2.45, 2.75) is 0 Å². The Morgan fingerprint density at radius 2 is 2.05 bits per heavy atom. The number of anilines is 1. The monoisotopic (exact) mass is 277 g/mol. The van der Waals surface area contributed by atoms with Gasteiger partial charge in [0, 0.05) is 45.5 Å². The van der Waals surface area contributed by atoms with Gasteiger partial charge in [0.25, 0.3) is 5.91 Å². The second kappa shape index (κ2) is 6.67. The summed E-state index contributed by atoms with van der Waals surface area (Å²) in [6.07, 6.45) is 1.61. The van der Waals surface area contributed by atoms with Crippen LogP contribution in [0.2, 0.25) is 0 Å². The molecule has 1 aliphatic rings. The summed E-state index contributed by atoms with van der Waals surface area (Å²) in [4.78, 5) is 22.8. The Labute approximate surface area is 120 Å². The Bertz CT molecular complexity index is 455. The topological polar surface area (TPSA) is 65.7 Å². The predicted octanol–water partition coefficient (Wildman–Crippen LogP) is -0.0168. The van der Waals surface area contributed by atoms with Crippen molar-refractivity contribution in [3.05, 3.63) is 24.0 Å². The third kappa shape index (κ3) is 3.68. The van der Waals surface area contributed by atoms with Crippen LogP contribution in [0.15, 0.2) is 18.3 Å². The average molecular weight is 277 g/mol. The maximum absolute atomic E-state index is 12.4. The second-order valence-corrected chi connectivity index (χ2v) is 5.38. The predicted molar refractivity (Wildman–Crippen MR) is 79.5 cm³/mol. The molecule has 0 bridgehead atoms. The van der Waals surface area contributed by atoms with Crippen LogP contribution in [0.25, 0.3) is 0 Å². The molecular weight excluding hydrogens is 254 g/mol. The van der Waals surface area contributed by atoms with Gasteiger partial charge >= 0.3 is 0 Å². The van der Waals surface area contributed by atoms with Crippen molar-refractivity contribution in [1.82, 2.24) is 19.7 Å². The van der Waals surface area contributed by atoms with Crippen molar-refractivity contribution in [2.24, 2.45) is 0 Å². The maximum atomic E-state index is 12.4. The standard InChI is InChI=1S/C14H23N5O/c1-17(2)6-7-18-8-10-19(11-9-18)14(20)13-12(15)4-3-5-16-13/h3-5H,6-11,15H2,1-2H3. The van der Waals surface area contributed by atoms with E-state index in [1.165, 1.54) is 0 Å². The normalized spacial score (nSPS) is 16.6. The summed E-state index contributed by atoms with van der Waals surface area (Å²) in [6.45, 7) is 5.38. The summed E-state index contributed by atoms with van der Waals surface area (Å²) >= 11 is 0. The fraction of sp³-hybridized carbons (Fsp3) is 0.571. The third-order valence-corrected chi connectivity index (χ3v) is 3.56. The highest BCUT2D eigenvalue weighted by Gasteiger charge is 2.23. The highest BCUT2D eigenvalue weighted by Crippen LogP contribution is 2.12. The molecule has 0 unspecified atom stereocenters. The van der Waals surface area contributed by atoms with E-state index in [2.05, 4.69) is 28.9 Å². The van der Waals surface area contributed by atoms with Gasteiger partial charge in [-0.15, -0.1) is 0 Å². The molecule has 2 heterocycles. The molecule has 20 heavy (non-hydrogen) atoms. The van der Waals surface area contributed by atoms with Crippen LogP contribution in [0.3, 0.4) is 0 Å².